The summed E-state index contributed by atoms with van der Waals surface area (Å²) in [5.74, 6) is -1.83. The van der Waals surface area contributed by atoms with Crippen LogP contribution in [0.15, 0.2) is 11.6 Å². The van der Waals surface area contributed by atoms with E-state index in [1.165, 1.54) is 12.7 Å². The molecule has 24 atom stereocenters. The van der Waals surface area contributed by atoms with Gasteiger partial charge in [0.25, 0.3) is 0 Å². The Morgan fingerprint density at radius 2 is 1.44 bits per heavy atom. The highest BCUT2D eigenvalue weighted by atomic mass is 16.8. The molecule has 7 fully saturated rings. The molecule has 0 spiro atoms. The van der Waals surface area contributed by atoms with Crippen molar-refractivity contribution in [3.8, 4) is 0 Å². The molecule has 4 saturated carbocycles. The Hall–Kier alpha value is -2.21. The van der Waals surface area contributed by atoms with Gasteiger partial charge in [0.15, 0.2) is 25.0 Å². The Labute approximate surface area is 397 Å². The lowest BCUT2D eigenvalue weighted by Gasteiger charge is -2.72. The minimum absolute atomic E-state index is 0.0271. The van der Waals surface area contributed by atoms with E-state index in [2.05, 4.69) is 47.6 Å². The van der Waals surface area contributed by atoms with Crippen molar-refractivity contribution in [2.24, 2.45) is 56.2 Å². The second-order valence-corrected chi connectivity index (χ2v) is 23.4. The summed E-state index contributed by atoms with van der Waals surface area (Å²) in [6, 6.07) is 0. The van der Waals surface area contributed by atoms with E-state index >= 15 is 0 Å². The Kier molecular flexibility index (Phi) is 14.1. The van der Waals surface area contributed by atoms with Gasteiger partial charge in [0.2, 0.25) is 0 Å². The maximum atomic E-state index is 14.0. The fourth-order valence-electron chi connectivity index (χ4n) is 15.5. The highest BCUT2D eigenvalue weighted by Gasteiger charge is 2.72. The molecular formula is C49H76O19. The van der Waals surface area contributed by atoms with E-state index in [1.54, 1.807) is 0 Å². The van der Waals surface area contributed by atoms with Gasteiger partial charge >= 0.3 is 11.9 Å². The summed E-state index contributed by atoms with van der Waals surface area (Å²) in [4.78, 5) is 40.6. The summed E-state index contributed by atoms with van der Waals surface area (Å²) in [7, 11) is 1.50. The molecule has 3 saturated heterocycles. The first-order chi connectivity index (χ1) is 31.8. The summed E-state index contributed by atoms with van der Waals surface area (Å²) in [5.41, 5.74) is -1.33. The molecule has 68 heavy (non-hydrogen) atoms. The number of carboxylic acids is 1. The number of carbonyl (C=O) groups excluding carboxylic acids is 2. The van der Waals surface area contributed by atoms with Crippen molar-refractivity contribution in [3.63, 3.8) is 0 Å². The van der Waals surface area contributed by atoms with Gasteiger partial charge in [-0.15, -0.1) is 0 Å². The van der Waals surface area contributed by atoms with E-state index in [1.807, 2.05) is 6.92 Å². The van der Waals surface area contributed by atoms with Crippen molar-refractivity contribution >= 4 is 18.2 Å². The second-order valence-electron chi connectivity index (χ2n) is 23.4. The molecule has 19 nitrogen and oxygen atoms in total. The summed E-state index contributed by atoms with van der Waals surface area (Å²) in [6.07, 6.45) is -16.9. The first kappa shape index (κ1) is 52.1. The van der Waals surface area contributed by atoms with Gasteiger partial charge in [-0.2, -0.15) is 0 Å². The number of allylic oxidation sites excluding steroid dienone is 2. The number of aliphatic hydroxyl groups is 8. The zero-order valence-electron chi connectivity index (χ0n) is 40.5. The Balaban J connectivity index is 1.13. The number of aliphatic hydroxyl groups excluding tert-OH is 8. The van der Waals surface area contributed by atoms with Gasteiger partial charge in [-0.25, -0.2) is 4.79 Å². The predicted molar refractivity (Wildman–Crippen MR) is 234 cm³/mol. The van der Waals surface area contributed by atoms with Crippen LogP contribution in [0.2, 0.25) is 0 Å². The minimum atomic E-state index is -2.12. The molecule has 0 bridgehead atoms. The fourth-order valence-corrected chi connectivity index (χ4v) is 15.5. The zero-order chi connectivity index (χ0) is 49.8. The van der Waals surface area contributed by atoms with Gasteiger partial charge in [0.05, 0.1) is 37.3 Å². The van der Waals surface area contributed by atoms with Crippen molar-refractivity contribution < 1.29 is 93.5 Å². The molecule has 19 heteroatoms. The van der Waals surface area contributed by atoms with Crippen LogP contribution in [0.3, 0.4) is 0 Å². The average Bonchev–Trinajstić information content (AvgIpc) is 3.28. The van der Waals surface area contributed by atoms with Crippen LogP contribution in [0.1, 0.15) is 106 Å². The number of hydrogen-bond donors (Lipinski definition) is 9. The third-order valence-electron chi connectivity index (χ3n) is 19.5. The maximum absolute atomic E-state index is 14.0. The number of carboxylic acid groups (broad SMARTS) is 1. The van der Waals surface area contributed by atoms with Crippen LogP contribution < -0.4 is 0 Å². The number of aliphatic carboxylic acids is 1. The molecule has 17 unspecified atom stereocenters. The Morgan fingerprint density at radius 1 is 0.765 bits per heavy atom. The largest absolute Gasteiger partial charge is 0.479 e. The molecule has 8 rings (SSSR count). The van der Waals surface area contributed by atoms with Crippen molar-refractivity contribution in [2.75, 3.05) is 20.3 Å². The topological polar surface area (TPSA) is 298 Å². The van der Waals surface area contributed by atoms with Crippen molar-refractivity contribution in [2.45, 2.75) is 198 Å². The van der Waals surface area contributed by atoms with E-state index in [0.717, 1.165) is 44.8 Å². The molecule has 3 heterocycles. The SMILES string of the molecule is COC(=O)[C@]12CCC(C)(C)CC1C1=CCC3[C@@]4(C)CC[C@H](OC5OC(C(=O)O)C(O)C(OC6OCC(O)C(O)C6O)C5OC5OC(CO)C(O)C(O)C5O)[C@@](C)(C=O)C4CC[C@@]3(C)[C@]1(C)C[C@H]2C. The standard InChI is InChI=1S/C49H76O19/c1-22-17-48(7)23(24-18-44(2,3)15-16-49(22,24)43(61)62-8)9-10-28-45(4)13-12-29(46(5,21-51)27(45)11-14-47(28,48)6)65-42-38(68-41-34(57)32(55)31(54)26(19-50)64-41)36(35(58)37(67-42)39(59)60)66-40-33(56)30(53)25(52)20-63-40/h9,21-22,24-38,40-42,50,52-58H,10-20H2,1-8H3,(H,59,60)/t22-,24?,25?,26?,27?,28?,29+,30?,31?,32?,33?,34?,35?,36?,37?,38?,40?,41?,42?,45+,46+,47-,48-,49+/m1/s1. The molecule has 0 aromatic carbocycles. The lowest BCUT2D eigenvalue weighted by atomic mass is 9.32. The van der Waals surface area contributed by atoms with E-state index < -0.39 is 128 Å². The smallest absolute Gasteiger partial charge is 0.335 e. The Bertz CT molecular complexity index is 1930. The molecule has 8 aliphatic rings. The molecule has 0 aromatic heterocycles. The molecular weight excluding hydrogens is 893 g/mol. The van der Waals surface area contributed by atoms with Crippen LogP contribution in [0, 0.1) is 56.2 Å². The molecule has 0 aromatic rings. The number of methoxy groups -OCH3 is 1. The highest BCUT2D eigenvalue weighted by Crippen LogP contribution is 2.76. The van der Waals surface area contributed by atoms with Crippen LogP contribution in [0.25, 0.3) is 0 Å². The summed E-state index contributed by atoms with van der Waals surface area (Å²) >= 11 is 0. The van der Waals surface area contributed by atoms with Crippen LogP contribution in [-0.4, -0.2) is 177 Å². The van der Waals surface area contributed by atoms with Crippen LogP contribution in [0.5, 0.6) is 0 Å². The third kappa shape index (κ3) is 7.87. The van der Waals surface area contributed by atoms with Gasteiger partial charge in [0.1, 0.15) is 67.3 Å². The van der Waals surface area contributed by atoms with Gasteiger partial charge in [-0.05, 0) is 103 Å². The molecule has 9 N–H and O–H groups in total. The minimum Gasteiger partial charge on any atom is -0.479 e. The van der Waals surface area contributed by atoms with E-state index in [4.69, 9.17) is 33.2 Å². The van der Waals surface area contributed by atoms with Gasteiger partial charge in [0, 0.05) is 0 Å². The fraction of sp³-hybridized carbons (Fsp3) is 0.898. The summed E-state index contributed by atoms with van der Waals surface area (Å²) < 4.78 is 41.7. The number of carbonyl (C=O) groups is 3. The lowest BCUT2D eigenvalue weighted by Crippen LogP contribution is -2.69. The van der Waals surface area contributed by atoms with Gasteiger partial charge in [-0.3, -0.25) is 4.79 Å². The zero-order valence-corrected chi connectivity index (χ0v) is 40.5. The number of hydrogen-bond acceptors (Lipinski definition) is 18. The normalized spacial score (nSPS) is 53.4. The summed E-state index contributed by atoms with van der Waals surface area (Å²) in [6.45, 7) is 14.3. The van der Waals surface area contributed by atoms with Crippen molar-refractivity contribution in [1.82, 2.24) is 0 Å². The number of esters is 1. The first-order valence-corrected chi connectivity index (χ1v) is 24.5. The third-order valence-corrected chi connectivity index (χ3v) is 19.5. The number of rotatable bonds is 10. The van der Waals surface area contributed by atoms with Crippen LogP contribution >= 0.6 is 0 Å². The van der Waals surface area contributed by atoms with Gasteiger partial charge in [-0.1, -0.05) is 60.1 Å². The quantitative estimate of drug-likeness (QED) is 0.0637. The summed E-state index contributed by atoms with van der Waals surface area (Å²) in [5, 5.41) is 95.8. The number of fused-ring (bicyclic) bond motifs is 7. The van der Waals surface area contributed by atoms with E-state index in [9.17, 15) is 60.3 Å². The average molecular weight is 969 g/mol. The van der Waals surface area contributed by atoms with Gasteiger partial charge < -0.3 is 83.9 Å². The van der Waals surface area contributed by atoms with Crippen LogP contribution in [-0.2, 0) is 47.5 Å². The second kappa shape index (κ2) is 18.4. The Morgan fingerprint density at radius 3 is 2.09 bits per heavy atom. The maximum Gasteiger partial charge on any atom is 0.335 e. The molecule has 5 aliphatic carbocycles. The van der Waals surface area contributed by atoms with E-state index in [-0.39, 0.29) is 52.3 Å². The molecule has 3 aliphatic heterocycles. The van der Waals surface area contributed by atoms with Crippen LogP contribution in [0.4, 0.5) is 0 Å². The van der Waals surface area contributed by atoms with Crippen molar-refractivity contribution in [3.05, 3.63) is 11.6 Å². The number of aldehydes is 1. The lowest BCUT2D eigenvalue weighted by molar-refractivity contribution is -0.391. The predicted octanol–water partition coefficient (Wildman–Crippen LogP) is 0.951. The molecule has 0 radical (unpaired) electrons. The molecule has 0 amide bonds. The highest BCUT2D eigenvalue weighted by molar-refractivity contribution is 5.79. The van der Waals surface area contributed by atoms with E-state index in [0.29, 0.717) is 12.8 Å². The number of ether oxygens (including phenoxy) is 7. The first-order valence-electron chi connectivity index (χ1n) is 24.5. The van der Waals surface area contributed by atoms with Crippen molar-refractivity contribution in [1.29, 1.82) is 0 Å². The molecule has 386 valence electrons. The monoisotopic (exact) mass is 968 g/mol.